The van der Waals surface area contributed by atoms with Gasteiger partial charge in [-0.3, -0.25) is 0 Å². The molecule has 0 aliphatic rings. The number of carbonyl (C=O) groups excluding carboxylic acids is 1. The first-order chi connectivity index (χ1) is 9.51. The number of likely N-dealkylation sites (N-methyl/N-ethyl adjacent to an activating group) is 1. The number of rotatable bonds is 7. The third-order valence-electron chi connectivity index (χ3n) is 2.94. The van der Waals surface area contributed by atoms with Crippen LogP contribution in [0.15, 0.2) is 24.3 Å². The lowest BCUT2D eigenvalue weighted by Crippen LogP contribution is -2.30. The first kappa shape index (κ1) is 16.4. The van der Waals surface area contributed by atoms with Crippen LogP contribution in [0.1, 0.15) is 18.6 Å². The van der Waals surface area contributed by atoms with Crippen LogP contribution in [-0.4, -0.2) is 54.2 Å². The highest BCUT2D eigenvalue weighted by atomic mass is 16.5. The van der Waals surface area contributed by atoms with E-state index in [-0.39, 0.29) is 13.2 Å². The molecule has 0 fully saturated rings. The van der Waals surface area contributed by atoms with E-state index in [0.29, 0.717) is 12.1 Å². The SMILES string of the molecule is CCOC(=O)C(O)C(O)c1ccc(N(C)CCO)cc1. The number of benzene rings is 1. The standard InChI is InChI=1S/C14H21NO5/c1-3-20-14(19)13(18)12(17)10-4-6-11(7-5-10)15(2)8-9-16/h4-7,12-13,16-18H,3,8-9H2,1-2H3. The number of anilines is 1. The second kappa shape index (κ2) is 7.84. The summed E-state index contributed by atoms with van der Waals surface area (Å²) < 4.78 is 4.66. The Morgan fingerprint density at radius 3 is 2.40 bits per heavy atom. The van der Waals surface area contributed by atoms with Gasteiger partial charge in [-0.15, -0.1) is 0 Å². The van der Waals surface area contributed by atoms with E-state index >= 15 is 0 Å². The Labute approximate surface area is 118 Å². The quantitative estimate of drug-likeness (QED) is 0.614. The minimum absolute atomic E-state index is 0.0441. The number of carbonyl (C=O) groups is 1. The molecule has 6 nitrogen and oxygen atoms in total. The Bertz CT molecular complexity index is 420. The van der Waals surface area contributed by atoms with Crippen molar-refractivity contribution in [3.8, 4) is 0 Å². The van der Waals surface area contributed by atoms with E-state index in [0.717, 1.165) is 5.69 Å². The van der Waals surface area contributed by atoms with Crippen LogP contribution in [-0.2, 0) is 9.53 Å². The Hall–Kier alpha value is -1.63. The molecule has 3 N–H and O–H groups in total. The molecule has 0 aliphatic carbocycles. The number of nitrogens with zero attached hydrogens (tertiary/aromatic N) is 1. The minimum Gasteiger partial charge on any atom is -0.464 e. The van der Waals surface area contributed by atoms with Gasteiger partial charge in [0.25, 0.3) is 0 Å². The van der Waals surface area contributed by atoms with Gasteiger partial charge >= 0.3 is 5.97 Å². The molecule has 0 radical (unpaired) electrons. The topological polar surface area (TPSA) is 90.2 Å². The Kier molecular flexibility index (Phi) is 6.44. The van der Waals surface area contributed by atoms with Crippen molar-refractivity contribution < 1.29 is 24.9 Å². The maximum Gasteiger partial charge on any atom is 0.338 e. The van der Waals surface area contributed by atoms with Crippen LogP contribution in [0.2, 0.25) is 0 Å². The number of hydrogen-bond acceptors (Lipinski definition) is 6. The molecule has 6 heteroatoms. The molecule has 0 aromatic heterocycles. The molecule has 1 aromatic carbocycles. The monoisotopic (exact) mass is 283 g/mol. The smallest absolute Gasteiger partial charge is 0.338 e. The molecule has 2 unspecified atom stereocenters. The van der Waals surface area contributed by atoms with E-state index in [9.17, 15) is 15.0 Å². The number of ether oxygens (including phenoxy) is 1. The molecular formula is C14H21NO5. The molecule has 0 saturated carbocycles. The number of aliphatic hydroxyl groups excluding tert-OH is 3. The van der Waals surface area contributed by atoms with Crippen molar-refractivity contribution in [3.05, 3.63) is 29.8 Å². The maximum absolute atomic E-state index is 11.3. The number of hydrogen-bond donors (Lipinski definition) is 3. The lowest BCUT2D eigenvalue weighted by molar-refractivity contribution is -0.159. The fourth-order valence-corrected chi connectivity index (χ4v) is 1.74. The summed E-state index contributed by atoms with van der Waals surface area (Å²) in [7, 11) is 1.83. The highest BCUT2D eigenvalue weighted by molar-refractivity contribution is 5.75. The van der Waals surface area contributed by atoms with Crippen LogP contribution in [0.25, 0.3) is 0 Å². The van der Waals surface area contributed by atoms with E-state index in [1.54, 1.807) is 31.2 Å². The van der Waals surface area contributed by atoms with Gasteiger partial charge in [0.15, 0.2) is 6.10 Å². The van der Waals surface area contributed by atoms with Crippen molar-refractivity contribution >= 4 is 11.7 Å². The Morgan fingerprint density at radius 1 is 1.30 bits per heavy atom. The largest absolute Gasteiger partial charge is 0.464 e. The lowest BCUT2D eigenvalue weighted by Gasteiger charge is -2.20. The van der Waals surface area contributed by atoms with Gasteiger partial charge in [-0.25, -0.2) is 4.79 Å². The van der Waals surface area contributed by atoms with Crippen LogP contribution in [0.5, 0.6) is 0 Å². The van der Waals surface area contributed by atoms with Crippen LogP contribution >= 0.6 is 0 Å². The maximum atomic E-state index is 11.3. The van der Waals surface area contributed by atoms with Crippen LogP contribution in [0, 0.1) is 0 Å². The second-order valence-corrected chi connectivity index (χ2v) is 4.38. The van der Waals surface area contributed by atoms with Crippen molar-refractivity contribution in [2.75, 3.05) is 31.7 Å². The van der Waals surface area contributed by atoms with Gasteiger partial charge in [-0.1, -0.05) is 12.1 Å². The molecule has 0 aliphatic heterocycles. The summed E-state index contributed by atoms with van der Waals surface area (Å²) in [6, 6.07) is 6.73. The third kappa shape index (κ3) is 4.19. The van der Waals surface area contributed by atoms with Gasteiger partial charge in [-0.05, 0) is 24.6 Å². The number of esters is 1. The van der Waals surface area contributed by atoms with Crippen molar-refractivity contribution in [3.63, 3.8) is 0 Å². The highest BCUT2D eigenvalue weighted by Gasteiger charge is 2.26. The van der Waals surface area contributed by atoms with Crippen molar-refractivity contribution in [2.45, 2.75) is 19.1 Å². The zero-order valence-electron chi connectivity index (χ0n) is 11.7. The summed E-state index contributed by atoms with van der Waals surface area (Å²) in [6.45, 7) is 2.31. The summed E-state index contributed by atoms with van der Waals surface area (Å²) in [5.41, 5.74) is 1.28. The Balaban J connectivity index is 2.74. The van der Waals surface area contributed by atoms with E-state index in [1.807, 2.05) is 11.9 Å². The Morgan fingerprint density at radius 2 is 1.90 bits per heavy atom. The third-order valence-corrected chi connectivity index (χ3v) is 2.94. The average Bonchev–Trinajstić information content (AvgIpc) is 2.46. The van der Waals surface area contributed by atoms with E-state index in [1.165, 1.54) is 0 Å². The fraction of sp³-hybridized carbons (Fsp3) is 0.500. The summed E-state index contributed by atoms with van der Waals surface area (Å²) in [6.07, 6.45) is -2.93. The van der Waals surface area contributed by atoms with E-state index in [2.05, 4.69) is 4.74 Å². The zero-order chi connectivity index (χ0) is 15.1. The summed E-state index contributed by atoms with van der Waals surface area (Å²) in [5, 5.41) is 28.4. The normalized spacial score (nSPS) is 13.7. The summed E-state index contributed by atoms with van der Waals surface area (Å²) >= 11 is 0. The summed E-state index contributed by atoms with van der Waals surface area (Å²) in [5.74, 6) is -0.846. The van der Waals surface area contributed by atoms with Gasteiger partial charge < -0.3 is 25.0 Å². The van der Waals surface area contributed by atoms with Crippen LogP contribution in [0.3, 0.4) is 0 Å². The van der Waals surface area contributed by atoms with E-state index < -0.39 is 18.2 Å². The molecule has 2 atom stereocenters. The van der Waals surface area contributed by atoms with Crippen molar-refractivity contribution in [1.29, 1.82) is 0 Å². The fourth-order valence-electron chi connectivity index (χ4n) is 1.74. The van der Waals surface area contributed by atoms with Gasteiger partial charge in [0.05, 0.1) is 13.2 Å². The molecule has 0 heterocycles. The van der Waals surface area contributed by atoms with Crippen molar-refractivity contribution in [2.24, 2.45) is 0 Å². The molecule has 0 saturated heterocycles. The molecule has 20 heavy (non-hydrogen) atoms. The highest BCUT2D eigenvalue weighted by Crippen LogP contribution is 2.21. The number of aliphatic hydroxyl groups is 3. The van der Waals surface area contributed by atoms with Gasteiger partial charge in [0.1, 0.15) is 6.10 Å². The van der Waals surface area contributed by atoms with Gasteiger partial charge in [-0.2, -0.15) is 0 Å². The first-order valence-electron chi connectivity index (χ1n) is 6.46. The summed E-state index contributed by atoms with van der Waals surface area (Å²) in [4.78, 5) is 13.2. The average molecular weight is 283 g/mol. The van der Waals surface area contributed by atoms with Gasteiger partial charge in [0, 0.05) is 19.3 Å². The molecule has 0 spiro atoms. The minimum atomic E-state index is -1.60. The first-order valence-corrected chi connectivity index (χ1v) is 6.46. The predicted molar refractivity (Wildman–Crippen MR) is 74.4 cm³/mol. The van der Waals surface area contributed by atoms with Gasteiger partial charge in [0.2, 0.25) is 0 Å². The molecule has 0 amide bonds. The molecule has 112 valence electrons. The molecule has 1 aromatic rings. The van der Waals surface area contributed by atoms with E-state index in [4.69, 9.17) is 5.11 Å². The lowest BCUT2D eigenvalue weighted by atomic mass is 10.0. The molecule has 1 rings (SSSR count). The van der Waals surface area contributed by atoms with Crippen LogP contribution < -0.4 is 4.90 Å². The molecule has 0 bridgehead atoms. The second-order valence-electron chi connectivity index (χ2n) is 4.38. The molecular weight excluding hydrogens is 262 g/mol. The van der Waals surface area contributed by atoms with Crippen molar-refractivity contribution in [1.82, 2.24) is 0 Å². The zero-order valence-corrected chi connectivity index (χ0v) is 11.7. The van der Waals surface area contributed by atoms with Crippen LogP contribution in [0.4, 0.5) is 5.69 Å². The predicted octanol–water partition coefficient (Wildman–Crippen LogP) is 0.0725.